The fraction of sp³-hybridized carbons (Fsp3) is 0.286. The van der Waals surface area contributed by atoms with Crippen molar-refractivity contribution in [2.24, 2.45) is 0 Å². The molecule has 1 amide bonds. The Morgan fingerprint density at radius 3 is 2.36 bits per heavy atom. The molecule has 0 aliphatic carbocycles. The maximum absolute atomic E-state index is 12.4. The van der Waals surface area contributed by atoms with E-state index < -0.39 is 6.61 Å². The van der Waals surface area contributed by atoms with Gasteiger partial charge in [-0.05, 0) is 35.9 Å². The fourth-order valence-corrected chi connectivity index (χ4v) is 3.09. The van der Waals surface area contributed by atoms with Gasteiger partial charge in [0.2, 0.25) is 5.91 Å². The number of carbonyl (C=O) groups is 1. The van der Waals surface area contributed by atoms with Gasteiger partial charge in [0.15, 0.2) is 0 Å². The van der Waals surface area contributed by atoms with Gasteiger partial charge in [-0.2, -0.15) is 8.78 Å². The van der Waals surface area contributed by atoms with E-state index in [0.29, 0.717) is 13.1 Å². The van der Waals surface area contributed by atoms with Crippen molar-refractivity contribution in [3.63, 3.8) is 0 Å². The predicted octanol–water partition coefficient (Wildman–Crippen LogP) is 3.66. The lowest BCUT2D eigenvalue weighted by Gasteiger charge is -2.36. The van der Waals surface area contributed by atoms with Crippen LogP contribution in [0.5, 0.6) is 11.5 Å². The third-order valence-electron chi connectivity index (χ3n) is 4.54. The number of alkyl halides is 2. The second-order valence-electron chi connectivity index (χ2n) is 6.27. The number of ether oxygens (including phenoxy) is 2. The molecule has 2 aromatic carbocycles. The molecule has 0 saturated carbocycles. The molecule has 1 fully saturated rings. The first kappa shape index (κ1) is 19.7. The highest BCUT2D eigenvalue weighted by atomic mass is 19.3. The first-order chi connectivity index (χ1) is 13.6. The number of piperazine rings is 1. The molecule has 0 spiro atoms. The molecule has 1 saturated heterocycles. The number of halogens is 2. The quantitative estimate of drug-likeness (QED) is 0.709. The minimum absolute atomic E-state index is 0.0763. The number of rotatable bonds is 6. The number of amides is 1. The smallest absolute Gasteiger partial charge is 0.387 e. The molecule has 0 N–H and O–H groups in total. The second-order valence-corrected chi connectivity index (χ2v) is 6.27. The summed E-state index contributed by atoms with van der Waals surface area (Å²) in [4.78, 5) is 16.4. The van der Waals surface area contributed by atoms with Crippen molar-refractivity contribution in [1.82, 2.24) is 4.90 Å². The van der Waals surface area contributed by atoms with Gasteiger partial charge in [0.05, 0.1) is 12.8 Å². The molecule has 3 rings (SSSR count). The van der Waals surface area contributed by atoms with E-state index in [0.717, 1.165) is 30.1 Å². The number of anilines is 1. The van der Waals surface area contributed by atoms with Crippen molar-refractivity contribution >= 4 is 17.7 Å². The van der Waals surface area contributed by atoms with Gasteiger partial charge >= 0.3 is 6.61 Å². The molecule has 148 valence electrons. The van der Waals surface area contributed by atoms with E-state index in [2.05, 4.69) is 9.64 Å². The molecule has 28 heavy (non-hydrogen) atoms. The monoisotopic (exact) mass is 388 g/mol. The summed E-state index contributed by atoms with van der Waals surface area (Å²) in [6.07, 6.45) is 3.17. The van der Waals surface area contributed by atoms with Crippen molar-refractivity contribution < 1.29 is 23.0 Å². The zero-order chi connectivity index (χ0) is 19.9. The van der Waals surface area contributed by atoms with Crippen LogP contribution < -0.4 is 14.4 Å². The van der Waals surface area contributed by atoms with Gasteiger partial charge in [-0.1, -0.05) is 24.3 Å². The molecular formula is C21H22F2N2O3. The lowest BCUT2D eigenvalue weighted by Crippen LogP contribution is -2.48. The Morgan fingerprint density at radius 2 is 1.71 bits per heavy atom. The Labute approximate surface area is 162 Å². The Bertz CT molecular complexity index is 817. The van der Waals surface area contributed by atoms with E-state index >= 15 is 0 Å². The highest BCUT2D eigenvalue weighted by Gasteiger charge is 2.21. The fourth-order valence-electron chi connectivity index (χ4n) is 3.09. The van der Waals surface area contributed by atoms with E-state index in [4.69, 9.17) is 4.74 Å². The molecule has 5 nitrogen and oxygen atoms in total. The molecule has 7 heteroatoms. The molecule has 1 heterocycles. The SMILES string of the molecule is COc1ccccc1N1CCN(C(=O)/C=C/c2ccc(OC(F)F)cc2)CC1. The van der Waals surface area contributed by atoms with Gasteiger partial charge in [-0.25, -0.2) is 0 Å². The average molecular weight is 388 g/mol. The molecule has 0 aromatic heterocycles. The Balaban J connectivity index is 1.54. The minimum Gasteiger partial charge on any atom is -0.495 e. The van der Waals surface area contributed by atoms with Crippen molar-refractivity contribution in [2.45, 2.75) is 6.61 Å². The molecular weight excluding hydrogens is 366 g/mol. The minimum atomic E-state index is -2.85. The van der Waals surface area contributed by atoms with Gasteiger partial charge in [0.1, 0.15) is 11.5 Å². The summed E-state index contributed by atoms with van der Waals surface area (Å²) in [6.45, 7) is -0.179. The van der Waals surface area contributed by atoms with E-state index in [9.17, 15) is 13.6 Å². The van der Waals surface area contributed by atoms with Crippen molar-refractivity contribution in [1.29, 1.82) is 0 Å². The maximum Gasteiger partial charge on any atom is 0.387 e. The largest absolute Gasteiger partial charge is 0.495 e. The highest BCUT2D eigenvalue weighted by molar-refractivity contribution is 5.92. The summed E-state index contributed by atoms with van der Waals surface area (Å²) in [5.41, 5.74) is 1.77. The summed E-state index contributed by atoms with van der Waals surface area (Å²) >= 11 is 0. The van der Waals surface area contributed by atoms with Crippen LogP contribution in [0.3, 0.4) is 0 Å². The van der Waals surface area contributed by atoms with Crippen LogP contribution in [0.1, 0.15) is 5.56 Å². The number of hydrogen-bond donors (Lipinski definition) is 0. The third-order valence-corrected chi connectivity index (χ3v) is 4.54. The van der Waals surface area contributed by atoms with E-state index in [1.54, 1.807) is 30.2 Å². The van der Waals surface area contributed by atoms with Gasteiger partial charge < -0.3 is 19.3 Å². The Morgan fingerprint density at radius 1 is 1.04 bits per heavy atom. The van der Waals surface area contributed by atoms with Gasteiger partial charge in [0, 0.05) is 32.3 Å². The molecule has 0 bridgehead atoms. The van der Waals surface area contributed by atoms with Gasteiger partial charge in [-0.3, -0.25) is 4.79 Å². The highest BCUT2D eigenvalue weighted by Crippen LogP contribution is 2.28. The number of hydrogen-bond acceptors (Lipinski definition) is 4. The van der Waals surface area contributed by atoms with Crippen LogP contribution in [-0.4, -0.2) is 50.7 Å². The molecule has 0 radical (unpaired) electrons. The zero-order valence-electron chi connectivity index (χ0n) is 15.6. The van der Waals surface area contributed by atoms with Gasteiger partial charge in [0.25, 0.3) is 0 Å². The maximum atomic E-state index is 12.4. The summed E-state index contributed by atoms with van der Waals surface area (Å²) in [6, 6.07) is 14.0. The van der Waals surface area contributed by atoms with Crippen LogP contribution in [0.4, 0.5) is 14.5 Å². The number of methoxy groups -OCH3 is 1. The van der Waals surface area contributed by atoms with E-state index in [1.165, 1.54) is 18.2 Å². The summed E-state index contributed by atoms with van der Waals surface area (Å²) in [5.74, 6) is 0.833. The standard InChI is InChI=1S/C21H22F2N2O3/c1-27-19-5-3-2-4-18(19)24-12-14-25(15-13-24)20(26)11-8-16-6-9-17(10-7-16)28-21(22)23/h2-11,21H,12-15H2,1H3/b11-8+. The second kappa shape index (κ2) is 9.21. The van der Waals surface area contributed by atoms with Crippen LogP contribution >= 0.6 is 0 Å². The molecule has 1 aliphatic rings. The first-order valence-corrected chi connectivity index (χ1v) is 8.96. The van der Waals surface area contributed by atoms with Crippen molar-refractivity contribution in [2.75, 3.05) is 38.2 Å². The van der Waals surface area contributed by atoms with Gasteiger partial charge in [-0.15, -0.1) is 0 Å². The summed E-state index contributed by atoms with van der Waals surface area (Å²) in [5, 5.41) is 0. The third kappa shape index (κ3) is 5.00. The lowest BCUT2D eigenvalue weighted by molar-refractivity contribution is -0.126. The van der Waals surface area contributed by atoms with Crippen LogP contribution in [0.15, 0.2) is 54.6 Å². The van der Waals surface area contributed by atoms with Crippen molar-refractivity contribution in [3.8, 4) is 11.5 Å². The summed E-state index contributed by atoms with van der Waals surface area (Å²) < 4.78 is 34.0. The van der Waals surface area contributed by atoms with Crippen LogP contribution in [-0.2, 0) is 4.79 Å². The lowest BCUT2D eigenvalue weighted by atomic mass is 10.2. The van der Waals surface area contributed by atoms with E-state index in [-0.39, 0.29) is 11.7 Å². The molecule has 0 atom stereocenters. The summed E-state index contributed by atoms with van der Waals surface area (Å²) in [7, 11) is 1.65. The number of nitrogens with zero attached hydrogens (tertiary/aromatic N) is 2. The van der Waals surface area contributed by atoms with Crippen LogP contribution in [0.25, 0.3) is 6.08 Å². The van der Waals surface area contributed by atoms with Crippen LogP contribution in [0.2, 0.25) is 0 Å². The number of benzene rings is 2. The van der Waals surface area contributed by atoms with Crippen molar-refractivity contribution in [3.05, 3.63) is 60.2 Å². The molecule has 1 aliphatic heterocycles. The zero-order valence-corrected chi connectivity index (χ0v) is 15.6. The topological polar surface area (TPSA) is 42.0 Å². The normalized spacial score (nSPS) is 14.6. The Hall–Kier alpha value is -3.09. The van der Waals surface area contributed by atoms with Crippen LogP contribution in [0, 0.1) is 0 Å². The Kier molecular flexibility index (Phi) is 6.47. The first-order valence-electron chi connectivity index (χ1n) is 8.96. The van der Waals surface area contributed by atoms with E-state index in [1.807, 2.05) is 24.3 Å². The number of para-hydroxylation sites is 2. The molecule has 2 aromatic rings. The number of carbonyl (C=O) groups excluding carboxylic acids is 1. The predicted molar refractivity (Wildman–Crippen MR) is 104 cm³/mol. The average Bonchev–Trinajstić information content (AvgIpc) is 2.72. The molecule has 0 unspecified atom stereocenters.